The highest BCUT2D eigenvalue weighted by Gasteiger charge is 2.30. The number of thiocarbonyl (C=S) groups is 1. The second kappa shape index (κ2) is 10.7. The van der Waals surface area contributed by atoms with E-state index in [4.69, 9.17) is 17.3 Å². The van der Waals surface area contributed by atoms with Crippen molar-refractivity contribution in [2.45, 2.75) is 38.5 Å². The molecule has 4 nitrogen and oxygen atoms in total. The van der Waals surface area contributed by atoms with E-state index < -0.39 is 0 Å². The average Bonchev–Trinajstić information content (AvgIpc) is 3.41. The molecule has 1 aliphatic rings. The summed E-state index contributed by atoms with van der Waals surface area (Å²) < 4.78 is 13.6. The molecule has 33 heavy (non-hydrogen) atoms. The molecule has 8 heteroatoms. The van der Waals surface area contributed by atoms with Gasteiger partial charge in [0.25, 0.3) is 0 Å². The molecule has 1 aliphatic heterocycles. The van der Waals surface area contributed by atoms with Crippen LogP contribution in [0.25, 0.3) is 0 Å². The van der Waals surface area contributed by atoms with Crippen molar-refractivity contribution in [1.29, 1.82) is 0 Å². The number of nitrogens with zero attached hydrogens (tertiary/aromatic N) is 3. The third-order valence-electron chi connectivity index (χ3n) is 5.21. The van der Waals surface area contributed by atoms with Crippen LogP contribution in [0.5, 0.6) is 0 Å². The molecule has 2 heterocycles. The smallest absolute Gasteiger partial charge is 0.190 e. The summed E-state index contributed by atoms with van der Waals surface area (Å²) in [5.74, 6) is 0.0977. The lowest BCUT2D eigenvalue weighted by Crippen LogP contribution is -2.37. The minimum absolute atomic E-state index is 0.297. The van der Waals surface area contributed by atoms with E-state index in [1.54, 1.807) is 35.2 Å². The Bertz CT molecular complexity index is 1130. The van der Waals surface area contributed by atoms with E-state index in [2.05, 4.69) is 66.8 Å². The lowest BCUT2D eigenvalue weighted by molar-refractivity contribution is 0.627. The van der Waals surface area contributed by atoms with Gasteiger partial charge in [0.15, 0.2) is 10.3 Å². The summed E-state index contributed by atoms with van der Waals surface area (Å²) in [5, 5.41) is 15.3. The first-order valence-corrected chi connectivity index (χ1v) is 13.1. The Morgan fingerprint density at radius 2 is 2.00 bits per heavy atom. The first-order valence-electron chi connectivity index (χ1n) is 10.9. The van der Waals surface area contributed by atoms with Crippen molar-refractivity contribution in [3.8, 4) is 0 Å². The molecule has 4 rings (SSSR count). The number of hydrogen-bond donors (Lipinski definition) is 1. The maximum Gasteiger partial charge on any atom is 0.190 e. The van der Waals surface area contributed by atoms with Crippen molar-refractivity contribution in [3.05, 3.63) is 83.0 Å². The molecule has 0 radical (unpaired) electrons. The summed E-state index contributed by atoms with van der Waals surface area (Å²) in [7, 11) is 0. The van der Waals surface area contributed by atoms with Crippen LogP contribution in [0, 0.1) is 5.82 Å². The summed E-state index contributed by atoms with van der Waals surface area (Å²) in [4.78, 5) is 2.01. The summed E-state index contributed by atoms with van der Waals surface area (Å²) in [6.07, 6.45) is 0. The van der Waals surface area contributed by atoms with Crippen LogP contribution >= 0.6 is 35.3 Å². The molecule has 2 aromatic carbocycles. The van der Waals surface area contributed by atoms with E-state index in [9.17, 15) is 4.39 Å². The van der Waals surface area contributed by atoms with Crippen LogP contribution in [-0.4, -0.2) is 27.0 Å². The topological polar surface area (TPSA) is 30.9 Å². The van der Waals surface area contributed by atoms with Gasteiger partial charge in [0, 0.05) is 17.5 Å². The van der Waals surface area contributed by atoms with E-state index >= 15 is 0 Å². The van der Waals surface area contributed by atoms with Crippen LogP contribution < -0.4 is 10.3 Å². The fourth-order valence-electron chi connectivity index (χ4n) is 3.59. The second-order valence-electron chi connectivity index (χ2n) is 8.24. The zero-order valence-electron chi connectivity index (χ0n) is 18.9. The van der Waals surface area contributed by atoms with Gasteiger partial charge >= 0.3 is 0 Å². The lowest BCUT2D eigenvalue weighted by atomic mass is 10.1. The summed E-state index contributed by atoms with van der Waals surface area (Å²) in [6.45, 7) is 7.98. The lowest BCUT2D eigenvalue weighted by Gasteiger charge is -2.25. The first-order chi connectivity index (χ1) is 15.9. The number of nitrogens with one attached hydrogen (secondary N) is 1. The minimum Gasteiger partial charge on any atom is -0.332 e. The number of halogens is 1. The van der Waals surface area contributed by atoms with Gasteiger partial charge in [0.1, 0.15) is 10.8 Å². The third kappa shape index (κ3) is 5.93. The highest BCUT2D eigenvalue weighted by Crippen LogP contribution is 2.36. The number of thiophene rings is 1. The van der Waals surface area contributed by atoms with Gasteiger partial charge in [0.05, 0.1) is 6.54 Å². The van der Waals surface area contributed by atoms with Crippen LogP contribution in [0.4, 0.5) is 15.1 Å². The third-order valence-corrected chi connectivity index (χ3v) is 7.54. The number of hydrazone groups is 1. The molecule has 1 unspecified atom stereocenters. The zero-order chi connectivity index (χ0) is 23.4. The zero-order valence-corrected chi connectivity index (χ0v) is 21.3. The Kier molecular flexibility index (Phi) is 7.67. The molecule has 1 fully saturated rings. The number of hydrogen-bond acceptors (Lipinski definition) is 5. The molecule has 0 bridgehead atoms. The van der Waals surface area contributed by atoms with Gasteiger partial charge in [-0.15, -0.1) is 16.4 Å². The van der Waals surface area contributed by atoms with Gasteiger partial charge in [-0.2, -0.15) is 0 Å². The van der Waals surface area contributed by atoms with Crippen LogP contribution in [0.3, 0.4) is 0 Å². The number of benzene rings is 2. The van der Waals surface area contributed by atoms with E-state index in [1.807, 2.05) is 11.0 Å². The van der Waals surface area contributed by atoms with Crippen LogP contribution in [0.1, 0.15) is 37.8 Å². The number of rotatable bonds is 6. The Balaban J connectivity index is 1.65. The normalized spacial score (nSPS) is 17.1. The summed E-state index contributed by atoms with van der Waals surface area (Å²) in [6, 6.07) is 18.9. The van der Waals surface area contributed by atoms with E-state index in [1.165, 1.54) is 23.3 Å². The SMILES string of the molecule is CC1CN(C(=S)Nc2cccc(F)c2)C(=NN(Cc2ccccc2)c2sccc2C(C)C)S1. The van der Waals surface area contributed by atoms with Gasteiger partial charge < -0.3 is 5.32 Å². The van der Waals surface area contributed by atoms with Crippen molar-refractivity contribution >= 4 is 56.3 Å². The highest BCUT2D eigenvalue weighted by molar-refractivity contribution is 8.14. The summed E-state index contributed by atoms with van der Waals surface area (Å²) in [5.41, 5.74) is 3.10. The molecule has 1 aromatic heterocycles. The van der Waals surface area contributed by atoms with Gasteiger partial charge in [-0.25, -0.2) is 9.40 Å². The maximum atomic E-state index is 13.6. The van der Waals surface area contributed by atoms with Crippen molar-refractivity contribution in [1.82, 2.24) is 4.90 Å². The standard InChI is InChI=1S/C25H27FN4S3/c1-17(2)22-12-13-32-23(22)30(16-19-8-5-4-6-9-19)28-25-29(15-18(3)33-25)24(31)27-21-11-7-10-20(26)14-21/h4-14,17-18H,15-16H2,1-3H3,(H,27,31). The fraction of sp³-hybridized carbons (Fsp3) is 0.280. The Morgan fingerprint density at radius 1 is 1.21 bits per heavy atom. The molecular weight excluding hydrogens is 472 g/mol. The number of anilines is 2. The Hall–Kier alpha value is -2.42. The number of thioether (sulfide) groups is 1. The number of amidine groups is 1. The monoisotopic (exact) mass is 498 g/mol. The van der Waals surface area contributed by atoms with E-state index in [-0.39, 0.29) is 5.82 Å². The van der Waals surface area contributed by atoms with Crippen molar-refractivity contribution in [2.24, 2.45) is 5.10 Å². The second-order valence-corrected chi connectivity index (χ2v) is 10.9. The minimum atomic E-state index is -0.297. The van der Waals surface area contributed by atoms with Crippen molar-refractivity contribution in [3.63, 3.8) is 0 Å². The molecule has 0 saturated carbocycles. The van der Waals surface area contributed by atoms with Gasteiger partial charge in [-0.3, -0.25) is 4.90 Å². The maximum absolute atomic E-state index is 13.6. The van der Waals surface area contributed by atoms with Crippen molar-refractivity contribution in [2.75, 3.05) is 16.9 Å². The molecule has 172 valence electrons. The molecule has 3 aromatic rings. The van der Waals surface area contributed by atoms with E-state index in [0.717, 1.165) is 16.7 Å². The van der Waals surface area contributed by atoms with Gasteiger partial charge in [-0.1, -0.05) is 68.9 Å². The molecule has 1 atom stereocenters. The Morgan fingerprint density at radius 3 is 2.73 bits per heavy atom. The van der Waals surface area contributed by atoms with Crippen LogP contribution in [-0.2, 0) is 6.54 Å². The van der Waals surface area contributed by atoms with Crippen LogP contribution in [0.2, 0.25) is 0 Å². The molecule has 0 spiro atoms. The largest absolute Gasteiger partial charge is 0.332 e. The molecule has 0 amide bonds. The first kappa shape index (κ1) is 23.7. The predicted molar refractivity (Wildman–Crippen MR) is 145 cm³/mol. The summed E-state index contributed by atoms with van der Waals surface area (Å²) >= 11 is 9.11. The average molecular weight is 499 g/mol. The molecule has 1 N–H and O–H groups in total. The quantitative estimate of drug-likeness (QED) is 0.289. The molecule has 0 aliphatic carbocycles. The van der Waals surface area contributed by atoms with E-state index in [0.29, 0.717) is 28.5 Å². The Labute approximate surface area is 208 Å². The predicted octanol–water partition coefficient (Wildman–Crippen LogP) is 7.12. The van der Waals surface area contributed by atoms with Gasteiger partial charge in [-0.05, 0) is 58.9 Å². The van der Waals surface area contributed by atoms with Crippen molar-refractivity contribution < 1.29 is 4.39 Å². The fourth-order valence-corrected chi connectivity index (χ4v) is 5.96. The molecule has 1 saturated heterocycles. The van der Waals surface area contributed by atoms with Gasteiger partial charge in [0.2, 0.25) is 0 Å². The van der Waals surface area contributed by atoms with Crippen LogP contribution in [0.15, 0.2) is 71.1 Å². The highest BCUT2D eigenvalue weighted by atomic mass is 32.2. The molecular formula is C25H27FN4S3.